The van der Waals surface area contributed by atoms with Gasteiger partial charge in [-0.15, -0.1) is 0 Å². The minimum absolute atomic E-state index is 0.0145. The number of ether oxygens (including phenoxy) is 1. The molecular weight excluding hydrogens is 384 g/mol. The largest absolute Gasteiger partial charge is 0.464 e. The molecule has 3 rings (SSSR count). The molecule has 0 bridgehead atoms. The van der Waals surface area contributed by atoms with Gasteiger partial charge in [0.15, 0.2) is 5.58 Å². The molecule has 1 aliphatic rings. The van der Waals surface area contributed by atoms with Crippen LogP contribution in [0.1, 0.15) is 46.0 Å². The monoisotopic (exact) mass is 410 g/mol. The van der Waals surface area contributed by atoms with Gasteiger partial charge in [-0.2, -0.15) is 4.31 Å². The molecule has 1 atom stereocenters. The highest BCUT2D eigenvalue weighted by atomic mass is 32.2. The van der Waals surface area contributed by atoms with Crippen molar-refractivity contribution in [2.45, 2.75) is 63.4 Å². The molecule has 1 aromatic carbocycles. The topological polar surface area (TPSA) is 98.8 Å². The standard InChI is InChI=1S/C19H26N2O6S/c1-3-11-26-18(22)13-20-16-9-8-15(12-17(16)27-19(20)23)28(24,25)21-10-6-5-7-14(21)4-2/h8-9,12,14H,3-7,10-11,13H2,1-2H3. The number of sulfonamides is 1. The van der Waals surface area contributed by atoms with Crippen LogP contribution in [0.2, 0.25) is 0 Å². The summed E-state index contributed by atoms with van der Waals surface area (Å²) in [6, 6.07) is 4.31. The van der Waals surface area contributed by atoms with Crippen molar-refractivity contribution in [3.63, 3.8) is 0 Å². The third-order valence-corrected chi connectivity index (χ3v) is 6.99. The number of carbonyl (C=O) groups excluding carboxylic acids is 1. The Hall–Kier alpha value is -2.13. The van der Waals surface area contributed by atoms with Gasteiger partial charge in [0.25, 0.3) is 0 Å². The number of hydrogen-bond donors (Lipinski definition) is 0. The van der Waals surface area contributed by atoms with E-state index in [0.29, 0.717) is 18.5 Å². The van der Waals surface area contributed by atoms with Crippen LogP contribution in [-0.2, 0) is 26.1 Å². The van der Waals surface area contributed by atoms with Crippen molar-refractivity contribution in [3.8, 4) is 0 Å². The molecule has 8 nitrogen and oxygen atoms in total. The number of carbonyl (C=O) groups is 1. The average Bonchev–Trinajstić information content (AvgIpc) is 3.00. The fourth-order valence-corrected chi connectivity index (χ4v) is 5.36. The van der Waals surface area contributed by atoms with Gasteiger partial charge in [0, 0.05) is 18.7 Å². The molecule has 0 N–H and O–H groups in total. The van der Waals surface area contributed by atoms with E-state index in [2.05, 4.69) is 0 Å². The van der Waals surface area contributed by atoms with Gasteiger partial charge in [0.2, 0.25) is 10.0 Å². The van der Waals surface area contributed by atoms with Crippen LogP contribution in [0.15, 0.2) is 32.3 Å². The Labute approximate surface area is 164 Å². The Morgan fingerprint density at radius 2 is 2.07 bits per heavy atom. The summed E-state index contributed by atoms with van der Waals surface area (Å²) < 4.78 is 39.1. The first-order chi connectivity index (χ1) is 13.4. The maximum atomic E-state index is 13.1. The van der Waals surface area contributed by atoms with Crippen molar-refractivity contribution >= 4 is 27.1 Å². The first-order valence-corrected chi connectivity index (χ1v) is 11.1. The second-order valence-electron chi connectivity index (χ2n) is 6.98. The van der Waals surface area contributed by atoms with Crippen LogP contribution in [-0.4, -0.2) is 42.5 Å². The van der Waals surface area contributed by atoms with Gasteiger partial charge >= 0.3 is 11.7 Å². The smallest absolute Gasteiger partial charge is 0.420 e. The van der Waals surface area contributed by atoms with E-state index in [9.17, 15) is 18.0 Å². The molecular formula is C19H26N2O6S. The number of fused-ring (bicyclic) bond motifs is 1. The van der Waals surface area contributed by atoms with Crippen molar-refractivity contribution in [2.24, 2.45) is 0 Å². The molecule has 2 aromatic rings. The molecule has 28 heavy (non-hydrogen) atoms. The first kappa shape index (κ1) is 20.6. The van der Waals surface area contributed by atoms with E-state index < -0.39 is 21.7 Å². The van der Waals surface area contributed by atoms with Crippen molar-refractivity contribution in [1.82, 2.24) is 8.87 Å². The lowest BCUT2D eigenvalue weighted by Gasteiger charge is -2.34. The number of hydrogen-bond acceptors (Lipinski definition) is 6. The molecule has 1 aliphatic heterocycles. The highest BCUT2D eigenvalue weighted by molar-refractivity contribution is 7.89. The molecule has 0 amide bonds. The van der Waals surface area contributed by atoms with Gasteiger partial charge in [-0.05, 0) is 37.8 Å². The van der Waals surface area contributed by atoms with Gasteiger partial charge in [-0.25, -0.2) is 13.2 Å². The highest BCUT2D eigenvalue weighted by Crippen LogP contribution is 2.28. The van der Waals surface area contributed by atoms with Crippen LogP contribution >= 0.6 is 0 Å². The number of nitrogens with zero attached hydrogens (tertiary/aromatic N) is 2. The number of oxazole rings is 1. The minimum Gasteiger partial charge on any atom is -0.464 e. The van der Waals surface area contributed by atoms with Crippen LogP contribution in [0, 0.1) is 0 Å². The van der Waals surface area contributed by atoms with Crippen LogP contribution in [0.3, 0.4) is 0 Å². The van der Waals surface area contributed by atoms with Gasteiger partial charge in [0.1, 0.15) is 6.54 Å². The second-order valence-corrected chi connectivity index (χ2v) is 8.87. The quantitative estimate of drug-likeness (QED) is 0.651. The van der Waals surface area contributed by atoms with Crippen molar-refractivity contribution in [1.29, 1.82) is 0 Å². The fraction of sp³-hybridized carbons (Fsp3) is 0.579. The summed E-state index contributed by atoms with van der Waals surface area (Å²) >= 11 is 0. The summed E-state index contributed by atoms with van der Waals surface area (Å²) in [7, 11) is -3.68. The van der Waals surface area contributed by atoms with Crippen LogP contribution in [0.5, 0.6) is 0 Å². The van der Waals surface area contributed by atoms with Gasteiger partial charge < -0.3 is 9.15 Å². The van der Waals surface area contributed by atoms with Gasteiger partial charge in [0.05, 0.1) is 17.0 Å². The molecule has 0 radical (unpaired) electrons. The normalized spacial score (nSPS) is 18.4. The Morgan fingerprint density at radius 1 is 1.29 bits per heavy atom. The lowest BCUT2D eigenvalue weighted by atomic mass is 10.0. The van der Waals surface area contributed by atoms with E-state index in [-0.39, 0.29) is 29.7 Å². The predicted molar refractivity (Wildman–Crippen MR) is 104 cm³/mol. The molecule has 0 aliphatic carbocycles. The van der Waals surface area contributed by atoms with E-state index in [1.54, 1.807) is 4.31 Å². The number of rotatable bonds is 7. The van der Waals surface area contributed by atoms with E-state index in [0.717, 1.165) is 30.3 Å². The van der Waals surface area contributed by atoms with Crippen LogP contribution in [0.4, 0.5) is 0 Å². The first-order valence-electron chi connectivity index (χ1n) is 9.69. The molecule has 1 fully saturated rings. The molecule has 2 heterocycles. The Morgan fingerprint density at radius 3 is 2.79 bits per heavy atom. The number of piperidine rings is 1. The Kier molecular flexibility index (Phi) is 6.24. The molecule has 9 heteroatoms. The summed E-state index contributed by atoms with van der Waals surface area (Å²) in [6.07, 6.45) is 4.15. The van der Waals surface area contributed by atoms with Crippen molar-refractivity contribution in [3.05, 3.63) is 28.7 Å². The van der Waals surface area contributed by atoms with Crippen molar-refractivity contribution < 1.29 is 22.4 Å². The number of benzene rings is 1. The lowest BCUT2D eigenvalue weighted by Crippen LogP contribution is -2.43. The third-order valence-electron chi connectivity index (χ3n) is 5.05. The van der Waals surface area contributed by atoms with E-state index in [1.165, 1.54) is 18.2 Å². The van der Waals surface area contributed by atoms with Crippen LogP contribution < -0.4 is 5.76 Å². The SMILES string of the molecule is CCCOC(=O)Cn1c(=O)oc2cc(S(=O)(=O)N3CCCCC3CC)ccc21. The molecule has 1 unspecified atom stereocenters. The maximum Gasteiger partial charge on any atom is 0.420 e. The van der Waals surface area contributed by atoms with Crippen LogP contribution in [0.25, 0.3) is 11.1 Å². The number of aromatic nitrogens is 1. The number of esters is 1. The van der Waals surface area contributed by atoms with Gasteiger partial charge in [-0.1, -0.05) is 20.3 Å². The summed E-state index contributed by atoms with van der Waals surface area (Å²) in [4.78, 5) is 24.1. The summed E-state index contributed by atoms with van der Waals surface area (Å²) in [5.74, 6) is -1.26. The third kappa shape index (κ3) is 4.00. The molecule has 0 saturated carbocycles. The highest BCUT2D eigenvalue weighted by Gasteiger charge is 2.33. The summed E-state index contributed by atoms with van der Waals surface area (Å²) in [5.41, 5.74) is 0.502. The lowest BCUT2D eigenvalue weighted by molar-refractivity contribution is -0.144. The van der Waals surface area contributed by atoms with E-state index in [4.69, 9.17) is 9.15 Å². The zero-order valence-electron chi connectivity index (χ0n) is 16.2. The molecule has 1 aromatic heterocycles. The molecule has 0 spiro atoms. The summed E-state index contributed by atoms with van der Waals surface area (Å²) in [5, 5.41) is 0. The maximum absolute atomic E-state index is 13.1. The van der Waals surface area contributed by atoms with E-state index >= 15 is 0 Å². The summed E-state index contributed by atoms with van der Waals surface area (Å²) in [6.45, 7) is 4.36. The molecule has 1 saturated heterocycles. The second kappa shape index (κ2) is 8.48. The zero-order valence-corrected chi connectivity index (χ0v) is 17.0. The Bertz CT molecular complexity index is 1010. The minimum atomic E-state index is -3.68. The fourth-order valence-electron chi connectivity index (χ4n) is 3.58. The zero-order chi connectivity index (χ0) is 20.3. The molecule has 154 valence electrons. The predicted octanol–water partition coefficient (Wildman–Crippen LogP) is 2.50. The van der Waals surface area contributed by atoms with Gasteiger partial charge in [-0.3, -0.25) is 9.36 Å². The Balaban J connectivity index is 1.92. The van der Waals surface area contributed by atoms with E-state index in [1.807, 2.05) is 13.8 Å². The van der Waals surface area contributed by atoms with Crippen molar-refractivity contribution in [2.75, 3.05) is 13.2 Å². The average molecular weight is 410 g/mol.